The molecule has 0 bridgehead atoms. The molecule has 0 aliphatic rings. The van der Waals surface area contributed by atoms with Crippen LogP contribution in [0, 0.1) is 0 Å². The molecule has 0 aliphatic heterocycles. The molecule has 3 nitrogen and oxygen atoms in total. The molecular formula is C11H20BrN3. The molecule has 0 saturated heterocycles. The van der Waals surface area contributed by atoms with Gasteiger partial charge in [-0.1, -0.05) is 15.9 Å². The summed E-state index contributed by atoms with van der Waals surface area (Å²) in [6.07, 6.45) is 7.98. The van der Waals surface area contributed by atoms with E-state index in [4.69, 9.17) is 0 Å². The van der Waals surface area contributed by atoms with E-state index in [0.29, 0.717) is 0 Å². The standard InChI is InChI=1S/C11H20BrN3/c1-11(2,4-5-12)14-6-3-8-15-9-7-13-10-15/h7,9-10,14H,3-6,8H2,1-2H3. The lowest BCUT2D eigenvalue weighted by atomic mass is 10.0. The van der Waals surface area contributed by atoms with Gasteiger partial charge in [0.15, 0.2) is 0 Å². The first-order valence-corrected chi connectivity index (χ1v) is 6.53. The van der Waals surface area contributed by atoms with E-state index >= 15 is 0 Å². The summed E-state index contributed by atoms with van der Waals surface area (Å²) in [4.78, 5) is 4.02. The Kier molecular flexibility index (Phi) is 5.32. The summed E-state index contributed by atoms with van der Waals surface area (Å²) >= 11 is 3.47. The van der Waals surface area contributed by atoms with Crippen LogP contribution in [0.5, 0.6) is 0 Å². The van der Waals surface area contributed by atoms with Crippen molar-refractivity contribution in [2.75, 3.05) is 11.9 Å². The normalized spacial score (nSPS) is 11.9. The number of aryl methyl sites for hydroxylation is 1. The summed E-state index contributed by atoms with van der Waals surface area (Å²) in [5.41, 5.74) is 0.235. The molecule has 0 aliphatic carbocycles. The van der Waals surface area contributed by atoms with Crippen molar-refractivity contribution in [3.8, 4) is 0 Å². The van der Waals surface area contributed by atoms with Gasteiger partial charge in [0.25, 0.3) is 0 Å². The van der Waals surface area contributed by atoms with E-state index in [1.165, 1.54) is 0 Å². The topological polar surface area (TPSA) is 29.9 Å². The number of imidazole rings is 1. The second kappa shape index (κ2) is 6.28. The molecule has 1 aromatic heterocycles. The molecule has 4 heteroatoms. The zero-order valence-corrected chi connectivity index (χ0v) is 11.1. The zero-order valence-electron chi connectivity index (χ0n) is 9.54. The van der Waals surface area contributed by atoms with Gasteiger partial charge in [0.2, 0.25) is 0 Å². The first-order valence-electron chi connectivity index (χ1n) is 5.41. The number of nitrogens with one attached hydrogen (secondary N) is 1. The van der Waals surface area contributed by atoms with Gasteiger partial charge in [-0.15, -0.1) is 0 Å². The third-order valence-electron chi connectivity index (χ3n) is 2.48. The predicted octanol–water partition coefficient (Wildman–Crippen LogP) is 2.43. The highest BCUT2D eigenvalue weighted by atomic mass is 79.9. The largest absolute Gasteiger partial charge is 0.337 e. The van der Waals surface area contributed by atoms with E-state index in [2.05, 4.69) is 44.6 Å². The predicted molar refractivity (Wildman–Crippen MR) is 67.3 cm³/mol. The number of halogens is 1. The van der Waals surface area contributed by atoms with E-state index in [-0.39, 0.29) is 5.54 Å². The number of nitrogens with zero attached hydrogens (tertiary/aromatic N) is 2. The number of hydrogen-bond acceptors (Lipinski definition) is 2. The minimum atomic E-state index is 0.235. The van der Waals surface area contributed by atoms with Crippen molar-refractivity contribution in [1.82, 2.24) is 14.9 Å². The molecular weight excluding hydrogens is 254 g/mol. The molecule has 0 unspecified atom stereocenters. The first kappa shape index (κ1) is 12.7. The molecule has 0 saturated carbocycles. The monoisotopic (exact) mass is 273 g/mol. The quantitative estimate of drug-likeness (QED) is 0.611. The van der Waals surface area contributed by atoms with Gasteiger partial charge in [-0.25, -0.2) is 4.98 Å². The summed E-state index contributed by atoms with van der Waals surface area (Å²) < 4.78 is 2.11. The van der Waals surface area contributed by atoms with Crippen LogP contribution in [-0.2, 0) is 6.54 Å². The van der Waals surface area contributed by atoms with E-state index < -0.39 is 0 Å². The van der Waals surface area contributed by atoms with Gasteiger partial charge in [0, 0.05) is 29.8 Å². The van der Waals surface area contributed by atoms with Crippen molar-refractivity contribution in [2.24, 2.45) is 0 Å². The Labute approximate surface area is 100 Å². The van der Waals surface area contributed by atoms with Crippen LogP contribution in [0.4, 0.5) is 0 Å². The summed E-state index contributed by atoms with van der Waals surface area (Å²) in [5.74, 6) is 0. The molecule has 15 heavy (non-hydrogen) atoms. The van der Waals surface area contributed by atoms with Crippen LogP contribution in [0.25, 0.3) is 0 Å². The summed E-state index contributed by atoms with van der Waals surface area (Å²) in [6, 6.07) is 0. The van der Waals surface area contributed by atoms with Gasteiger partial charge < -0.3 is 9.88 Å². The van der Waals surface area contributed by atoms with Gasteiger partial charge in [0.05, 0.1) is 6.33 Å². The minimum absolute atomic E-state index is 0.235. The summed E-state index contributed by atoms with van der Waals surface area (Å²) in [5, 5.41) is 4.61. The molecule has 1 rings (SSSR count). The lowest BCUT2D eigenvalue weighted by Crippen LogP contribution is -2.40. The Balaban J connectivity index is 2.11. The van der Waals surface area contributed by atoms with Crippen molar-refractivity contribution in [1.29, 1.82) is 0 Å². The third-order valence-corrected chi connectivity index (χ3v) is 2.87. The third kappa shape index (κ3) is 5.33. The maximum Gasteiger partial charge on any atom is 0.0945 e. The summed E-state index contributed by atoms with van der Waals surface area (Å²) in [6.45, 7) is 6.58. The molecule has 1 N–H and O–H groups in total. The average Bonchev–Trinajstić information content (AvgIpc) is 2.65. The van der Waals surface area contributed by atoms with Crippen molar-refractivity contribution < 1.29 is 0 Å². The lowest BCUT2D eigenvalue weighted by molar-refractivity contribution is 0.372. The van der Waals surface area contributed by atoms with Crippen LogP contribution in [0.3, 0.4) is 0 Å². The van der Waals surface area contributed by atoms with Crippen molar-refractivity contribution in [3.05, 3.63) is 18.7 Å². The Morgan fingerprint density at radius 3 is 2.87 bits per heavy atom. The molecule has 0 aromatic carbocycles. The van der Waals surface area contributed by atoms with Gasteiger partial charge >= 0.3 is 0 Å². The molecule has 86 valence electrons. The van der Waals surface area contributed by atoms with E-state index in [9.17, 15) is 0 Å². The maximum absolute atomic E-state index is 4.02. The molecule has 0 radical (unpaired) electrons. The number of alkyl halides is 1. The smallest absolute Gasteiger partial charge is 0.0945 e. The molecule has 0 spiro atoms. The van der Waals surface area contributed by atoms with Crippen LogP contribution in [0.2, 0.25) is 0 Å². The lowest BCUT2D eigenvalue weighted by Gasteiger charge is -2.25. The summed E-state index contributed by atoms with van der Waals surface area (Å²) in [7, 11) is 0. The number of hydrogen-bond donors (Lipinski definition) is 1. The molecule has 1 heterocycles. The van der Waals surface area contributed by atoms with E-state index in [0.717, 1.165) is 31.3 Å². The van der Waals surface area contributed by atoms with Gasteiger partial charge in [-0.3, -0.25) is 0 Å². The minimum Gasteiger partial charge on any atom is -0.337 e. The average molecular weight is 274 g/mol. The number of rotatable bonds is 7. The van der Waals surface area contributed by atoms with Crippen LogP contribution in [0.15, 0.2) is 18.7 Å². The second-order valence-corrected chi connectivity index (χ2v) is 5.20. The highest BCUT2D eigenvalue weighted by Crippen LogP contribution is 2.09. The Morgan fingerprint density at radius 1 is 1.47 bits per heavy atom. The Hall–Kier alpha value is -0.350. The molecule has 0 atom stereocenters. The van der Waals surface area contributed by atoms with Gasteiger partial charge in [0.1, 0.15) is 0 Å². The van der Waals surface area contributed by atoms with Crippen molar-refractivity contribution in [3.63, 3.8) is 0 Å². The molecule has 0 fully saturated rings. The van der Waals surface area contributed by atoms with Crippen LogP contribution >= 0.6 is 15.9 Å². The highest BCUT2D eigenvalue weighted by molar-refractivity contribution is 9.09. The Morgan fingerprint density at radius 2 is 2.27 bits per heavy atom. The second-order valence-electron chi connectivity index (χ2n) is 4.40. The highest BCUT2D eigenvalue weighted by Gasteiger charge is 2.14. The van der Waals surface area contributed by atoms with E-state index in [1.54, 1.807) is 0 Å². The van der Waals surface area contributed by atoms with Gasteiger partial charge in [-0.2, -0.15) is 0 Å². The maximum atomic E-state index is 4.02. The van der Waals surface area contributed by atoms with Crippen LogP contribution in [-0.4, -0.2) is 27.0 Å². The fourth-order valence-electron chi connectivity index (χ4n) is 1.43. The fraction of sp³-hybridized carbons (Fsp3) is 0.727. The molecule has 1 aromatic rings. The van der Waals surface area contributed by atoms with Crippen LogP contribution < -0.4 is 5.32 Å². The van der Waals surface area contributed by atoms with Crippen LogP contribution in [0.1, 0.15) is 26.7 Å². The zero-order chi connectivity index (χ0) is 11.1. The van der Waals surface area contributed by atoms with E-state index in [1.807, 2.05) is 18.7 Å². The van der Waals surface area contributed by atoms with Crippen molar-refractivity contribution >= 4 is 15.9 Å². The SMILES string of the molecule is CC(C)(CCBr)NCCCn1ccnc1. The molecule has 0 amide bonds. The van der Waals surface area contributed by atoms with Crippen molar-refractivity contribution in [2.45, 2.75) is 38.8 Å². The van der Waals surface area contributed by atoms with Gasteiger partial charge in [-0.05, 0) is 33.2 Å². The first-order chi connectivity index (χ1) is 7.14. The fourth-order valence-corrected chi connectivity index (χ4v) is 2.42. The number of aromatic nitrogens is 2. The Bertz CT molecular complexity index is 257.